The molecule has 0 rings (SSSR count). The van der Waals surface area contributed by atoms with Crippen molar-refractivity contribution >= 4 is 5.71 Å². The molecule has 0 fully saturated rings. The van der Waals surface area contributed by atoms with Crippen LogP contribution in [0.2, 0.25) is 0 Å². The number of hydrogen-bond acceptors (Lipinski definition) is 2. The van der Waals surface area contributed by atoms with Gasteiger partial charge in [-0.05, 0) is 12.8 Å². The van der Waals surface area contributed by atoms with E-state index in [4.69, 9.17) is 10.5 Å². The van der Waals surface area contributed by atoms with Crippen molar-refractivity contribution < 1.29 is 5.11 Å². The van der Waals surface area contributed by atoms with Crippen LogP contribution < -0.4 is 0 Å². The van der Waals surface area contributed by atoms with Crippen LogP contribution in [0, 0.1) is 5.41 Å². The van der Waals surface area contributed by atoms with E-state index >= 15 is 0 Å². The topological polar surface area (TPSA) is 44.1 Å². The predicted octanol–water partition coefficient (Wildman–Crippen LogP) is 1.97. The fraction of sp³-hybridized carbons (Fsp3) is 0.875. The van der Waals surface area contributed by atoms with Gasteiger partial charge in [-0.1, -0.05) is 19.8 Å². The maximum atomic E-state index is 8.45. The maximum Gasteiger partial charge on any atom is 0.0483 e. The molecule has 0 unspecified atom stereocenters. The second-order valence-electron chi connectivity index (χ2n) is 2.53. The lowest BCUT2D eigenvalue weighted by atomic mass is 10.1. The smallest absolute Gasteiger partial charge is 0.0483 e. The summed E-state index contributed by atoms with van der Waals surface area (Å²) in [5.41, 5.74) is 0.691. The summed E-state index contributed by atoms with van der Waals surface area (Å²) in [4.78, 5) is 0. The van der Waals surface area contributed by atoms with Crippen LogP contribution in [-0.2, 0) is 0 Å². The van der Waals surface area contributed by atoms with Gasteiger partial charge in [0, 0.05) is 18.7 Å². The highest BCUT2D eigenvalue weighted by molar-refractivity contribution is 5.81. The molecule has 0 aliphatic rings. The second kappa shape index (κ2) is 6.75. The van der Waals surface area contributed by atoms with Gasteiger partial charge in [-0.15, -0.1) is 0 Å². The van der Waals surface area contributed by atoms with Crippen molar-refractivity contribution in [1.29, 1.82) is 5.41 Å². The van der Waals surface area contributed by atoms with E-state index in [-0.39, 0.29) is 6.61 Å². The maximum absolute atomic E-state index is 8.45. The summed E-state index contributed by atoms with van der Waals surface area (Å²) in [6.45, 7) is 2.28. The van der Waals surface area contributed by atoms with Crippen molar-refractivity contribution in [1.82, 2.24) is 0 Å². The lowest BCUT2D eigenvalue weighted by Crippen LogP contribution is -1.98. The lowest BCUT2D eigenvalue weighted by Gasteiger charge is -1.99. The van der Waals surface area contributed by atoms with Gasteiger partial charge in [0.25, 0.3) is 0 Å². The molecule has 0 amide bonds. The minimum Gasteiger partial charge on any atom is -0.396 e. The Morgan fingerprint density at radius 1 is 1.30 bits per heavy atom. The molecule has 0 aromatic heterocycles. The molecule has 60 valence electrons. The number of aliphatic hydroxyl groups excluding tert-OH is 1. The highest BCUT2D eigenvalue weighted by atomic mass is 16.2. The van der Waals surface area contributed by atoms with Gasteiger partial charge in [-0.2, -0.15) is 0 Å². The normalized spacial score (nSPS) is 9.80. The molecule has 2 N–H and O–H groups in total. The summed E-state index contributed by atoms with van der Waals surface area (Å²) in [6.07, 6.45) is 4.94. The van der Waals surface area contributed by atoms with Gasteiger partial charge in [-0.3, -0.25) is 0 Å². The first-order valence-electron chi connectivity index (χ1n) is 3.98. The first kappa shape index (κ1) is 9.63. The van der Waals surface area contributed by atoms with Crippen molar-refractivity contribution in [2.24, 2.45) is 0 Å². The standard InChI is InChI=1S/C8H17NO/c1-2-3-4-5-8(9)6-7-10/h9-10H,2-7H2,1H3. The average Bonchev–Trinajstić information content (AvgIpc) is 1.89. The molecule has 2 nitrogen and oxygen atoms in total. The summed E-state index contributed by atoms with van der Waals surface area (Å²) in [5, 5.41) is 15.8. The van der Waals surface area contributed by atoms with Crippen molar-refractivity contribution in [3.63, 3.8) is 0 Å². The largest absolute Gasteiger partial charge is 0.396 e. The van der Waals surface area contributed by atoms with Crippen molar-refractivity contribution in [2.75, 3.05) is 6.61 Å². The highest BCUT2D eigenvalue weighted by Gasteiger charge is 1.94. The van der Waals surface area contributed by atoms with E-state index in [2.05, 4.69) is 6.92 Å². The summed E-state index contributed by atoms with van der Waals surface area (Å²) in [6, 6.07) is 0. The first-order valence-corrected chi connectivity index (χ1v) is 3.98. The number of rotatable bonds is 6. The Labute approximate surface area is 62.8 Å². The van der Waals surface area contributed by atoms with E-state index in [1.807, 2.05) is 0 Å². The minimum absolute atomic E-state index is 0.130. The number of hydrogen-bond donors (Lipinski definition) is 2. The summed E-state index contributed by atoms with van der Waals surface area (Å²) < 4.78 is 0. The van der Waals surface area contributed by atoms with Gasteiger partial charge in [0.1, 0.15) is 0 Å². The molecule has 0 spiro atoms. The lowest BCUT2D eigenvalue weighted by molar-refractivity contribution is 0.306. The van der Waals surface area contributed by atoms with E-state index in [0.29, 0.717) is 12.1 Å². The molecular formula is C8H17NO. The average molecular weight is 143 g/mol. The molecule has 0 aromatic rings. The van der Waals surface area contributed by atoms with Gasteiger partial charge in [-0.25, -0.2) is 0 Å². The Kier molecular flexibility index (Phi) is 6.50. The molecule has 0 bridgehead atoms. The van der Waals surface area contributed by atoms with Crippen LogP contribution in [0.15, 0.2) is 0 Å². The van der Waals surface area contributed by atoms with Gasteiger partial charge in [0.05, 0.1) is 0 Å². The predicted molar refractivity (Wildman–Crippen MR) is 43.6 cm³/mol. The van der Waals surface area contributed by atoms with Gasteiger partial charge in [0.15, 0.2) is 0 Å². The fourth-order valence-corrected chi connectivity index (χ4v) is 0.848. The fourth-order valence-electron chi connectivity index (χ4n) is 0.848. The molecule has 10 heavy (non-hydrogen) atoms. The molecule has 0 aliphatic heterocycles. The summed E-state index contributed by atoms with van der Waals surface area (Å²) in [7, 11) is 0. The second-order valence-corrected chi connectivity index (χ2v) is 2.53. The Morgan fingerprint density at radius 3 is 2.50 bits per heavy atom. The molecular weight excluding hydrogens is 126 g/mol. The first-order chi connectivity index (χ1) is 4.81. The summed E-state index contributed by atoms with van der Waals surface area (Å²) in [5.74, 6) is 0. The Balaban J connectivity index is 3.05. The minimum atomic E-state index is 0.130. The van der Waals surface area contributed by atoms with Gasteiger partial charge < -0.3 is 10.5 Å². The van der Waals surface area contributed by atoms with Crippen molar-refractivity contribution in [3.05, 3.63) is 0 Å². The van der Waals surface area contributed by atoms with Crippen LogP contribution >= 0.6 is 0 Å². The molecule has 0 aliphatic carbocycles. The molecule has 0 aromatic carbocycles. The van der Waals surface area contributed by atoms with Crippen LogP contribution in [0.3, 0.4) is 0 Å². The molecule has 0 atom stereocenters. The van der Waals surface area contributed by atoms with E-state index in [9.17, 15) is 0 Å². The molecule has 0 saturated carbocycles. The van der Waals surface area contributed by atoms with E-state index < -0.39 is 0 Å². The van der Waals surface area contributed by atoms with Crippen LogP contribution in [0.5, 0.6) is 0 Å². The third kappa shape index (κ3) is 5.76. The van der Waals surface area contributed by atoms with E-state index in [0.717, 1.165) is 12.8 Å². The van der Waals surface area contributed by atoms with Gasteiger partial charge >= 0.3 is 0 Å². The zero-order chi connectivity index (χ0) is 7.82. The number of unbranched alkanes of at least 4 members (excludes halogenated alkanes) is 2. The van der Waals surface area contributed by atoms with Crippen LogP contribution in [0.1, 0.15) is 39.0 Å². The van der Waals surface area contributed by atoms with Crippen molar-refractivity contribution in [2.45, 2.75) is 39.0 Å². The van der Waals surface area contributed by atoms with Crippen LogP contribution in [-0.4, -0.2) is 17.4 Å². The Morgan fingerprint density at radius 2 is 2.00 bits per heavy atom. The SMILES string of the molecule is CCCCCC(=N)CCO. The van der Waals surface area contributed by atoms with E-state index in [1.54, 1.807) is 0 Å². The number of aliphatic hydroxyl groups is 1. The Bertz CT molecular complexity index is 91.3. The zero-order valence-electron chi connectivity index (χ0n) is 6.69. The third-order valence-corrected chi connectivity index (χ3v) is 1.50. The van der Waals surface area contributed by atoms with Gasteiger partial charge in [0.2, 0.25) is 0 Å². The zero-order valence-corrected chi connectivity index (χ0v) is 6.69. The van der Waals surface area contributed by atoms with Crippen LogP contribution in [0.25, 0.3) is 0 Å². The molecule has 0 saturated heterocycles. The third-order valence-electron chi connectivity index (χ3n) is 1.50. The number of nitrogens with one attached hydrogen (secondary N) is 1. The molecule has 2 heteroatoms. The van der Waals surface area contributed by atoms with E-state index in [1.165, 1.54) is 12.8 Å². The molecule has 0 heterocycles. The van der Waals surface area contributed by atoms with Crippen molar-refractivity contribution in [3.8, 4) is 0 Å². The monoisotopic (exact) mass is 143 g/mol. The molecule has 0 radical (unpaired) electrons. The summed E-state index contributed by atoms with van der Waals surface area (Å²) >= 11 is 0. The highest BCUT2D eigenvalue weighted by Crippen LogP contribution is 2.01. The quantitative estimate of drug-likeness (QED) is 0.433. The van der Waals surface area contributed by atoms with Crippen LogP contribution in [0.4, 0.5) is 0 Å². The Hall–Kier alpha value is -0.370.